The van der Waals surface area contributed by atoms with E-state index in [0.717, 1.165) is 15.3 Å². The highest BCUT2D eigenvalue weighted by atomic mass is 32.2. The molecule has 4 rings (SSSR count). The van der Waals surface area contributed by atoms with Gasteiger partial charge in [-0.3, -0.25) is 9.59 Å². The van der Waals surface area contributed by atoms with Crippen LogP contribution in [0.3, 0.4) is 0 Å². The summed E-state index contributed by atoms with van der Waals surface area (Å²) >= 11 is 2.69. The Morgan fingerprint density at radius 2 is 1.74 bits per heavy atom. The number of ether oxygens (including phenoxy) is 2. The van der Waals surface area contributed by atoms with Crippen LogP contribution in [0.1, 0.15) is 6.42 Å². The number of amides is 2. The topological polar surface area (TPSA) is 102 Å². The van der Waals surface area contributed by atoms with Crippen molar-refractivity contribution in [3.8, 4) is 17.2 Å². The molecule has 4 aromatic rings. The van der Waals surface area contributed by atoms with E-state index in [4.69, 9.17) is 9.47 Å². The van der Waals surface area contributed by atoms with Crippen LogP contribution in [0.2, 0.25) is 0 Å². The Bertz CT molecular complexity index is 1330. The number of pyridine rings is 1. The van der Waals surface area contributed by atoms with E-state index in [1.807, 2.05) is 18.2 Å². The molecule has 0 spiro atoms. The van der Waals surface area contributed by atoms with Crippen LogP contribution in [0, 0.1) is 5.82 Å². The van der Waals surface area contributed by atoms with Crippen molar-refractivity contribution in [1.29, 1.82) is 0 Å². The molecular formula is C24H19FN4O4S2. The first-order chi connectivity index (χ1) is 17.0. The summed E-state index contributed by atoms with van der Waals surface area (Å²) in [4.78, 5) is 33.3. The summed E-state index contributed by atoms with van der Waals surface area (Å²) in [6.07, 6.45) is 2.85. The second kappa shape index (κ2) is 11.4. The molecule has 35 heavy (non-hydrogen) atoms. The molecule has 2 aromatic heterocycles. The maximum Gasteiger partial charge on any atom is 0.235 e. The minimum absolute atomic E-state index is 0.0689. The molecule has 0 saturated heterocycles. The van der Waals surface area contributed by atoms with Crippen LogP contribution >= 0.6 is 23.1 Å². The number of benzene rings is 2. The van der Waals surface area contributed by atoms with Crippen LogP contribution in [0.25, 0.3) is 0 Å². The Kier molecular flexibility index (Phi) is 7.91. The zero-order chi connectivity index (χ0) is 24.6. The summed E-state index contributed by atoms with van der Waals surface area (Å²) in [5, 5.41) is 6.37. The van der Waals surface area contributed by atoms with Crippen molar-refractivity contribution in [3.05, 3.63) is 78.9 Å². The average Bonchev–Trinajstić information content (AvgIpc) is 3.28. The molecule has 0 fully saturated rings. The molecule has 0 unspecified atom stereocenters. The summed E-state index contributed by atoms with van der Waals surface area (Å²) < 4.78 is 25.7. The zero-order valence-corrected chi connectivity index (χ0v) is 20.0. The fraction of sp³-hybridized carbons (Fsp3) is 0.0833. The highest BCUT2D eigenvalue weighted by molar-refractivity contribution is 8.01. The molecule has 0 saturated carbocycles. The molecule has 2 N–H and O–H groups in total. The number of hydrogen-bond donors (Lipinski definition) is 2. The van der Waals surface area contributed by atoms with Gasteiger partial charge in [0.1, 0.15) is 17.3 Å². The van der Waals surface area contributed by atoms with Crippen LogP contribution in [0.4, 0.5) is 15.2 Å². The number of methoxy groups -OCH3 is 1. The largest absolute Gasteiger partial charge is 0.493 e. The number of carbonyl (C=O) groups excluding carboxylic acids is 2. The van der Waals surface area contributed by atoms with Gasteiger partial charge in [-0.1, -0.05) is 41.3 Å². The number of thiazole rings is 1. The van der Waals surface area contributed by atoms with Crippen molar-refractivity contribution < 1.29 is 23.5 Å². The van der Waals surface area contributed by atoms with E-state index < -0.39 is 24.1 Å². The molecule has 2 heterocycles. The minimum Gasteiger partial charge on any atom is -0.493 e. The van der Waals surface area contributed by atoms with Gasteiger partial charge in [0.05, 0.1) is 23.2 Å². The van der Waals surface area contributed by atoms with E-state index in [9.17, 15) is 14.0 Å². The van der Waals surface area contributed by atoms with Gasteiger partial charge in [0, 0.05) is 12.3 Å². The highest BCUT2D eigenvalue weighted by Gasteiger charge is 2.16. The maximum absolute atomic E-state index is 13.9. The number of hydrogen-bond acceptors (Lipinski definition) is 8. The Labute approximate surface area is 208 Å². The first-order valence-electron chi connectivity index (χ1n) is 10.2. The number of nitrogens with one attached hydrogen (secondary N) is 2. The first-order valence-corrected chi connectivity index (χ1v) is 11.9. The van der Waals surface area contributed by atoms with Crippen molar-refractivity contribution in [2.75, 3.05) is 17.7 Å². The number of anilines is 2. The van der Waals surface area contributed by atoms with Gasteiger partial charge in [-0.2, -0.15) is 0 Å². The second-order valence-electron chi connectivity index (χ2n) is 6.92. The molecule has 2 aromatic carbocycles. The molecule has 178 valence electrons. The Balaban J connectivity index is 1.37. The third-order valence-electron chi connectivity index (χ3n) is 4.40. The van der Waals surface area contributed by atoms with Crippen LogP contribution in [-0.2, 0) is 9.59 Å². The Morgan fingerprint density at radius 1 is 0.971 bits per heavy atom. The lowest BCUT2D eigenvalue weighted by molar-refractivity contribution is -0.123. The standard InChI is InChI=1S/C24H19FN4O4S2/c1-32-17-6-2-3-7-18(17)33-19-12-15(25)9-10-16(19)28-20(30)13-21(31)29-24-27-14-23(35-24)34-22-8-4-5-11-26-22/h2-12,14H,13H2,1H3,(H,28,30)(H,27,29,31). The smallest absolute Gasteiger partial charge is 0.235 e. The molecule has 0 radical (unpaired) electrons. The van der Waals surface area contributed by atoms with Crippen molar-refractivity contribution in [2.24, 2.45) is 0 Å². The maximum atomic E-state index is 13.9. The van der Waals surface area contributed by atoms with Gasteiger partial charge >= 0.3 is 0 Å². The molecule has 2 amide bonds. The van der Waals surface area contributed by atoms with E-state index in [-0.39, 0.29) is 11.4 Å². The van der Waals surface area contributed by atoms with E-state index in [1.165, 1.54) is 42.3 Å². The summed E-state index contributed by atoms with van der Waals surface area (Å²) in [5.41, 5.74) is 0.207. The van der Waals surface area contributed by atoms with Crippen molar-refractivity contribution in [1.82, 2.24) is 9.97 Å². The molecule has 0 aliphatic heterocycles. The van der Waals surface area contributed by atoms with Crippen molar-refractivity contribution in [3.63, 3.8) is 0 Å². The van der Waals surface area contributed by atoms with Crippen LogP contribution in [0.5, 0.6) is 17.2 Å². The van der Waals surface area contributed by atoms with E-state index in [0.29, 0.717) is 16.6 Å². The van der Waals surface area contributed by atoms with Gasteiger partial charge in [0.2, 0.25) is 11.8 Å². The lowest BCUT2D eigenvalue weighted by Gasteiger charge is -2.14. The van der Waals surface area contributed by atoms with E-state index in [1.54, 1.807) is 36.7 Å². The minimum atomic E-state index is -0.598. The van der Waals surface area contributed by atoms with Gasteiger partial charge < -0.3 is 20.1 Å². The number of carbonyl (C=O) groups is 2. The predicted molar refractivity (Wildman–Crippen MR) is 132 cm³/mol. The van der Waals surface area contributed by atoms with Crippen LogP contribution < -0.4 is 20.1 Å². The van der Waals surface area contributed by atoms with E-state index >= 15 is 0 Å². The normalized spacial score (nSPS) is 10.5. The van der Waals surface area contributed by atoms with Crippen molar-refractivity contribution >= 4 is 45.7 Å². The van der Waals surface area contributed by atoms with Gasteiger partial charge in [-0.05, 0) is 36.4 Å². The quantitative estimate of drug-likeness (QED) is 0.283. The number of aromatic nitrogens is 2. The fourth-order valence-corrected chi connectivity index (χ4v) is 4.68. The molecule has 0 aliphatic rings. The Morgan fingerprint density at radius 3 is 2.51 bits per heavy atom. The van der Waals surface area contributed by atoms with E-state index in [2.05, 4.69) is 20.6 Å². The lowest BCUT2D eigenvalue weighted by atomic mass is 10.2. The molecule has 0 aliphatic carbocycles. The molecule has 11 heteroatoms. The average molecular weight is 511 g/mol. The van der Waals surface area contributed by atoms with Crippen molar-refractivity contribution in [2.45, 2.75) is 15.7 Å². The van der Waals surface area contributed by atoms with Gasteiger partial charge in [0.15, 0.2) is 22.4 Å². The highest BCUT2D eigenvalue weighted by Crippen LogP contribution is 2.36. The van der Waals surface area contributed by atoms with Gasteiger partial charge in [-0.25, -0.2) is 14.4 Å². The number of halogens is 1. The van der Waals surface area contributed by atoms with Crippen LogP contribution in [0.15, 0.2) is 82.3 Å². The second-order valence-corrected chi connectivity index (χ2v) is 9.27. The monoisotopic (exact) mass is 510 g/mol. The van der Waals surface area contributed by atoms with Gasteiger partial charge in [-0.15, -0.1) is 0 Å². The third-order valence-corrected chi connectivity index (χ3v) is 6.37. The summed E-state index contributed by atoms with van der Waals surface area (Å²) in [6.45, 7) is 0. The third kappa shape index (κ3) is 6.78. The summed E-state index contributed by atoms with van der Waals surface area (Å²) in [5.74, 6) is -0.832. The molecule has 0 bridgehead atoms. The fourth-order valence-electron chi connectivity index (χ4n) is 2.88. The van der Waals surface area contributed by atoms with Gasteiger partial charge in [0.25, 0.3) is 0 Å². The lowest BCUT2D eigenvalue weighted by Crippen LogP contribution is -2.21. The molecule has 8 nitrogen and oxygen atoms in total. The summed E-state index contributed by atoms with van der Waals surface area (Å²) in [7, 11) is 1.48. The number of rotatable bonds is 9. The zero-order valence-electron chi connectivity index (χ0n) is 18.4. The van der Waals surface area contributed by atoms with Crippen LogP contribution in [-0.4, -0.2) is 28.9 Å². The number of para-hydroxylation sites is 2. The Hall–Kier alpha value is -3.96. The first kappa shape index (κ1) is 24.2. The number of nitrogens with zero attached hydrogens (tertiary/aromatic N) is 2. The predicted octanol–water partition coefficient (Wildman–Crippen LogP) is 5.60. The summed E-state index contributed by atoms with van der Waals surface area (Å²) in [6, 6.07) is 16.1. The molecule has 0 atom stereocenters. The SMILES string of the molecule is COc1ccccc1Oc1cc(F)ccc1NC(=O)CC(=O)Nc1ncc(Sc2ccccn2)s1. The molecular weight excluding hydrogens is 491 g/mol.